The number of amides is 1. The third-order valence-corrected chi connectivity index (χ3v) is 2.41. The number of anilines is 1. The maximum Gasteiger partial charge on any atom is 0.417 e. The summed E-state index contributed by atoms with van der Waals surface area (Å²) < 4.78 is 37.0. The number of hydrogen-bond donors (Lipinski definition) is 1. The lowest BCUT2D eigenvalue weighted by molar-refractivity contribution is -0.137. The minimum atomic E-state index is -4.50. The first-order valence-electron chi connectivity index (χ1n) is 5.18. The molecule has 0 saturated heterocycles. The first kappa shape index (κ1) is 14.2. The van der Waals surface area contributed by atoms with Crippen molar-refractivity contribution in [3.63, 3.8) is 0 Å². The molecule has 2 aromatic rings. The predicted octanol–water partition coefficient (Wildman–Crippen LogP) is 2.80. The first-order chi connectivity index (χ1) is 9.36. The van der Waals surface area contributed by atoms with Gasteiger partial charge in [0.05, 0.1) is 5.56 Å². The average Bonchev–Trinajstić information content (AvgIpc) is 2.38. The van der Waals surface area contributed by atoms with E-state index in [2.05, 4.69) is 20.3 Å². The molecule has 0 aliphatic heterocycles. The van der Waals surface area contributed by atoms with Crippen LogP contribution in [0.5, 0.6) is 0 Å². The predicted molar refractivity (Wildman–Crippen MR) is 64.2 cm³/mol. The van der Waals surface area contributed by atoms with Crippen molar-refractivity contribution >= 4 is 23.3 Å². The number of nitrogens with one attached hydrogen (secondary N) is 1. The van der Waals surface area contributed by atoms with Crippen molar-refractivity contribution in [2.75, 3.05) is 5.32 Å². The number of aromatic nitrogens is 3. The largest absolute Gasteiger partial charge is 0.417 e. The topological polar surface area (TPSA) is 67.8 Å². The smallest absolute Gasteiger partial charge is 0.305 e. The van der Waals surface area contributed by atoms with Gasteiger partial charge in [0.25, 0.3) is 5.91 Å². The number of nitrogens with zero attached hydrogens (tertiary/aromatic N) is 3. The van der Waals surface area contributed by atoms with Gasteiger partial charge in [0.2, 0.25) is 0 Å². The van der Waals surface area contributed by atoms with E-state index in [1.54, 1.807) is 0 Å². The average molecular weight is 303 g/mol. The summed E-state index contributed by atoms with van der Waals surface area (Å²) in [5, 5.41) is 2.46. The Morgan fingerprint density at radius 2 is 1.95 bits per heavy atom. The third-order valence-electron chi connectivity index (χ3n) is 2.20. The van der Waals surface area contributed by atoms with E-state index in [-0.39, 0.29) is 16.7 Å². The number of halogens is 4. The molecule has 0 spiro atoms. The molecule has 1 N–H and O–H groups in total. The SMILES string of the molecule is O=C(Nc1cc(Cl)ncn1)c1ccc(C(F)(F)F)cn1. The molecule has 5 nitrogen and oxygen atoms in total. The van der Waals surface area contributed by atoms with Gasteiger partial charge in [-0.3, -0.25) is 9.78 Å². The Morgan fingerprint density at radius 3 is 2.50 bits per heavy atom. The molecule has 2 heterocycles. The Morgan fingerprint density at radius 1 is 1.20 bits per heavy atom. The van der Waals surface area contributed by atoms with Crippen LogP contribution in [0.1, 0.15) is 16.1 Å². The van der Waals surface area contributed by atoms with E-state index in [1.807, 2.05) is 0 Å². The second-order valence-corrected chi connectivity index (χ2v) is 4.00. The fourth-order valence-corrected chi connectivity index (χ4v) is 1.43. The molecule has 0 saturated carbocycles. The van der Waals surface area contributed by atoms with Gasteiger partial charge in [-0.05, 0) is 12.1 Å². The number of hydrogen-bond acceptors (Lipinski definition) is 4. The van der Waals surface area contributed by atoms with E-state index in [1.165, 1.54) is 6.07 Å². The van der Waals surface area contributed by atoms with E-state index >= 15 is 0 Å². The van der Waals surface area contributed by atoms with Gasteiger partial charge < -0.3 is 5.32 Å². The Bertz CT molecular complexity index is 630. The van der Waals surface area contributed by atoms with Crippen molar-refractivity contribution in [1.82, 2.24) is 15.0 Å². The van der Waals surface area contributed by atoms with Gasteiger partial charge in [-0.2, -0.15) is 13.2 Å². The molecule has 0 bridgehead atoms. The number of pyridine rings is 1. The van der Waals surface area contributed by atoms with Crippen molar-refractivity contribution in [3.8, 4) is 0 Å². The minimum Gasteiger partial charge on any atom is -0.305 e. The van der Waals surface area contributed by atoms with Crippen LogP contribution in [0.2, 0.25) is 5.15 Å². The Labute approximate surface area is 115 Å². The van der Waals surface area contributed by atoms with Crippen LogP contribution < -0.4 is 5.32 Å². The van der Waals surface area contributed by atoms with Crippen molar-refractivity contribution in [3.05, 3.63) is 47.1 Å². The first-order valence-corrected chi connectivity index (χ1v) is 5.56. The Hall–Kier alpha value is -2.22. The molecule has 0 aliphatic carbocycles. The number of carbonyl (C=O) groups excluding carboxylic acids is 1. The highest BCUT2D eigenvalue weighted by Crippen LogP contribution is 2.28. The van der Waals surface area contributed by atoms with Crippen LogP contribution in [0, 0.1) is 0 Å². The maximum atomic E-state index is 12.3. The van der Waals surface area contributed by atoms with Crippen molar-refractivity contribution < 1.29 is 18.0 Å². The van der Waals surface area contributed by atoms with Crippen LogP contribution in [-0.4, -0.2) is 20.9 Å². The van der Waals surface area contributed by atoms with Crippen LogP contribution in [0.4, 0.5) is 19.0 Å². The lowest BCUT2D eigenvalue weighted by atomic mass is 10.2. The zero-order valence-corrected chi connectivity index (χ0v) is 10.4. The maximum absolute atomic E-state index is 12.3. The number of rotatable bonds is 2. The van der Waals surface area contributed by atoms with Crippen LogP contribution in [0.3, 0.4) is 0 Å². The highest BCUT2D eigenvalue weighted by molar-refractivity contribution is 6.29. The van der Waals surface area contributed by atoms with Crippen LogP contribution in [0.25, 0.3) is 0 Å². The molecule has 0 fully saturated rings. The summed E-state index contributed by atoms with van der Waals surface area (Å²) in [6, 6.07) is 3.04. The van der Waals surface area contributed by atoms with Gasteiger partial charge in [0.15, 0.2) is 0 Å². The molecular weight excluding hydrogens is 297 g/mol. The zero-order chi connectivity index (χ0) is 14.8. The number of alkyl halides is 3. The standard InChI is InChI=1S/C11H6ClF3N4O/c12-8-3-9(18-5-17-8)19-10(20)7-2-1-6(4-16-7)11(13,14)15/h1-5H,(H,17,18,19,20). The molecule has 9 heteroatoms. The van der Waals surface area contributed by atoms with Crippen LogP contribution in [-0.2, 0) is 6.18 Å². The highest BCUT2D eigenvalue weighted by atomic mass is 35.5. The van der Waals surface area contributed by atoms with E-state index in [4.69, 9.17) is 11.6 Å². The molecule has 0 radical (unpaired) electrons. The molecule has 0 unspecified atom stereocenters. The minimum absolute atomic E-state index is 0.121. The summed E-state index contributed by atoms with van der Waals surface area (Å²) in [6.45, 7) is 0. The zero-order valence-electron chi connectivity index (χ0n) is 9.65. The van der Waals surface area contributed by atoms with Gasteiger partial charge in [-0.25, -0.2) is 9.97 Å². The van der Waals surface area contributed by atoms with Gasteiger partial charge in [0, 0.05) is 12.3 Å². The van der Waals surface area contributed by atoms with Gasteiger partial charge in [0.1, 0.15) is 23.0 Å². The third kappa shape index (κ3) is 3.41. The van der Waals surface area contributed by atoms with Crippen molar-refractivity contribution in [2.45, 2.75) is 6.18 Å². The van der Waals surface area contributed by atoms with Crippen LogP contribution in [0.15, 0.2) is 30.7 Å². The van der Waals surface area contributed by atoms with E-state index < -0.39 is 17.6 Å². The molecular formula is C11H6ClF3N4O. The van der Waals surface area contributed by atoms with Gasteiger partial charge in [-0.1, -0.05) is 11.6 Å². The van der Waals surface area contributed by atoms with E-state index in [0.29, 0.717) is 6.20 Å². The fraction of sp³-hybridized carbons (Fsp3) is 0.0909. The van der Waals surface area contributed by atoms with Crippen LogP contribution >= 0.6 is 11.6 Å². The van der Waals surface area contributed by atoms with Crippen molar-refractivity contribution in [2.24, 2.45) is 0 Å². The Kier molecular flexibility index (Phi) is 3.84. The summed E-state index contributed by atoms with van der Waals surface area (Å²) in [5.41, 5.74) is -1.10. The fourth-order valence-electron chi connectivity index (χ4n) is 1.28. The summed E-state index contributed by atoms with van der Waals surface area (Å²) in [5.74, 6) is -0.579. The molecule has 2 rings (SSSR count). The quantitative estimate of drug-likeness (QED) is 0.866. The van der Waals surface area contributed by atoms with Gasteiger partial charge in [-0.15, -0.1) is 0 Å². The molecule has 0 aromatic carbocycles. The summed E-state index contributed by atoms with van der Waals surface area (Å²) in [4.78, 5) is 22.5. The van der Waals surface area contributed by atoms with E-state index in [0.717, 1.165) is 18.5 Å². The van der Waals surface area contributed by atoms with Gasteiger partial charge >= 0.3 is 6.18 Å². The molecule has 0 aliphatic rings. The summed E-state index contributed by atoms with van der Waals surface area (Å²) in [6.07, 6.45) is -2.78. The monoisotopic (exact) mass is 302 g/mol. The second kappa shape index (κ2) is 5.41. The second-order valence-electron chi connectivity index (χ2n) is 3.61. The normalized spacial score (nSPS) is 11.2. The number of carbonyl (C=O) groups is 1. The summed E-state index contributed by atoms with van der Waals surface area (Å²) >= 11 is 5.60. The lowest BCUT2D eigenvalue weighted by Gasteiger charge is -2.07. The molecule has 20 heavy (non-hydrogen) atoms. The van der Waals surface area contributed by atoms with Crippen molar-refractivity contribution in [1.29, 1.82) is 0 Å². The summed E-state index contributed by atoms with van der Waals surface area (Å²) in [7, 11) is 0. The molecule has 1 amide bonds. The molecule has 0 atom stereocenters. The Balaban J connectivity index is 2.14. The molecule has 2 aromatic heterocycles. The highest BCUT2D eigenvalue weighted by Gasteiger charge is 2.30. The lowest BCUT2D eigenvalue weighted by Crippen LogP contribution is -2.15. The molecule has 104 valence electrons. The van der Waals surface area contributed by atoms with E-state index in [9.17, 15) is 18.0 Å².